The van der Waals surface area contributed by atoms with Crippen molar-refractivity contribution in [3.05, 3.63) is 29.3 Å². The number of hydrogen-bond acceptors (Lipinski definition) is 4. The third kappa shape index (κ3) is 3.81. The van der Waals surface area contributed by atoms with Crippen LogP contribution in [0, 0.1) is 0 Å². The number of aryl methyl sites for hydroxylation is 1. The summed E-state index contributed by atoms with van der Waals surface area (Å²) in [6, 6.07) is 5.38. The molecule has 0 radical (unpaired) electrons. The van der Waals surface area contributed by atoms with Crippen LogP contribution in [0.2, 0.25) is 0 Å². The third-order valence-electron chi connectivity index (χ3n) is 3.23. The van der Waals surface area contributed by atoms with Crippen molar-refractivity contribution < 1.29 is 19.1 Å². The SMILES string of the molecule is COCCNC(=O)COc1ccc2c(c1)CCCC2=O. The Hall–Kier alpha value is -1.88. The second kappa shape index (κ2) is 7.05. The minimum absolute atomic E-state index is 0.0313. The Kier molecular flexibility index (Phi) is 5.12. The van der Waals surface area contributed by atoms with E-state index in [0.29, 0.717) is 25.3 Å². The fourth-order valence-electron chi connectivity index (χ4n) is 2.21. The number of fused-ring (bicyclic) bond motifs is 1. The summed E-state index contributed by atoms with van der Waals surface area (Å²) in [5.74, 6) is 0.631. The van der Waals surface area contributed by atoms with Gasteiger partial charge in [0.2, 0.25) is 0 Å². The van der Waals surface area contributed by atoms with Gasteiger partial charge in [-0.3, -0.25) is 9.59 Å². The molecule has 1 amide bonds. The molecule has 0 atom stereocenters. The molecule has 5 nitrogen and oxygen atoms in total. The van der Waals surface area contributed by atoms with E-state index in [1.165, 1.54) is 0 Å². The van der Waals surface area contributed by atoms with Crippen molar-refractivity contribution in [3.63, 3.8) is 0 Å². The second-order valence-electron chi connectivity index (χ2n) is 4.73. The van der Waals surface area contributed by atoms with E-state index in [4.69, 9.17) is 9.47 Å². The van der Waals surface area contributed by atoms with E-state index in [0.717, 1.165) is 24.0 Å². The molecule has 0 saturated carbocycles. The van der Waals surface area contributed by atoms with Crippen molar-refractivity contribution in [1.29, 1.82) is 0 Å². The zero-order valence-corrected chi connectivity index (χ0v) is 11.6. The zero-order valence-electron chi connectivity index (χ0n) is 11.6. The maximum absolute atomic E-state index is 11.7. The van der Waals surface area contributed by atoms with Gasteiger partial charge in [0.15, 0.2) is 12.4 Å². The summed E-state index contributed by atoms with van der Waals surface area (Å²) in [5.41, 5.74) is 1.80. The van der Waals surface area contributed by atoms with E-state index >= 15 is 0 Å². The number of ketones is 1. The lowest BCUT2D eigenvalue weighted by Crippen LogP contribution is -2.31. The van der Waals surface area contributed by atoms with Crippen LogP contribution in [-0.2, 0) is 16.0 Å². The van der Waals surface area contributed by atoms with Gasteiger partial charge in [-0.25, -0.2) is 0 Å². The number of carbonyl (C=O) groups is 2. The van der Waals surface area contributed by atoms with Crippen molar-refractivity contribution >= 4 is 11.7 Å². The van der Waals surface area contributed by atoms with Gasteiger partial charge in [-0.2, -0.15) is 0 Å². The van der Waals surface area contributed by atoms with Gasteiger partial charge in [0, 0.05) is 25.6 Å². The van der Waals surface area contributed by atoms with Crippen LogP contribution in [0.15, 0.2) is 18.2 Å². The Morgan fingerprint density at radius 1 is 1.35 bits per heavy atom. The van der Waals surface area contributed by atoms with E-state index in [1.54, 1.807) is 19.2 Å². The van der Waals surface area contributed by atoms with Gasteiger partial charge in [0.1, 0.15) is 5.75 Å². The number of ether oxygens (including phenoxy) is 2. The minimum atomic E-state index is -0.184. The van der Waals surface area contributed by atoms with E-state index in [-0.39, 0.29) is 18.3 Å². The normalized spacial score (nSPS) is 13.8. The lowest BCUT2D eigenvalue weighted by Gasteiger charge is -2.15. The van der Waals surface area contributed by atoms with Crippen molar-refractivity contribution in [3.8, 4) is 5.75 Å². The first-order chi connectivity index (χ1) is 9.70. The number of benzene rings is 1. The first-order valence-electron chi connectivity index (χ1n) is 6.75. The molecule has 2 rings (SSSR count). The molecule has 0 bridgehead atoms. The van der Waals surface area contributed by atoms with Gasteiger partial charge in [-0.15, -0.1) is 0 Å². The van der Waals surface area contributed by atoms with Crippen LogP contribution in [0.25, 0.3) is 0 Å². The van der Waals surface area contributed by atoms with Crippen LogP contribution in [0.4, 0.5) is 0 Å². The largest absolute Gasteiger partial charge is 0.484 e. The van der Waals surface area contributed by atoms with Crippen molar-refractivity contribution in [2.24, 2.45) is 0 Å². The van der Waals surface area contributed by atoms with Crippen LogP contribution in [0.3, 0.4) is 0 Å². The van der Waals surface area contributed by atoms with Crippen LogP contribution in [-0.4, -0.2) is 38.6 Å². The van der Waals surface area contributed by atoms with Crippen molar-refractivity contribution in [2.45, 2.75) is 19.3 Å². The summed E-state index contributed by atoms with van der Waals surface area (Å²) in [6.07, 6.45) is 2.39. The smallest absolute Gasteiger partial charge is 0.258 e. The summed E-state index contributed by atoms with van der Waals surface area (Å²) >= 11 is 0. The minimum Gasteiger partial charge on any atom is -0.484 e. The topological polar surface area (TPSA) is 64.6 Å². The fourth-order valence-corrected chi connectivity index (χ4v) is 2.21. The third-order valence-corrected chi connectivity index (χ3v) is 3.23. The molecular formula is C15H19NO4. The van der Waals surface area contributed by atoms with E-state index in [1.807, 2.05) is 6.07 Å². The number of amides is 1. The predicted molar refractivity (Wildman–Crippen MR) is 74.1 cm³/mol. The molecule has 1 aromatic rings. The van der Waals surface area contributed by atoms with Crippen LogP contribution >= 0.6 is 0 Å². The Labute approximate surface area is 118 Å². The van der Waals surface area contributed by atoms with Gasteiger partial charge in [0.05, 0.1) is 6.61 Å². The highest BCUT2D eigenvalue weighted by molar-refractivity contribution is 5.98. The molecule has 1 N–H and O–H groups in total. The molecule has 108 valence electrons. The van der Waals surface area contributed by atoms with Crippen molar-refractivity contribution in [1.82, 2.24) is 5.32 Å². The standard InChI is InChI=1S/C15H19NO4/c1-19-8-7-16-15(18)10-20-12-5-6-13-11(9-12)3-2-4-14(13)17/h5-6,9H,2-4,7-8,10H2,1H3,(H,16,18). The van der Waals surface area contributed by atoms with Gasteiger partial charge >= 0.3 is 0 Å². The molecule has 0 heterocycles. The Morgan fingerprint density at radius 2 is 2.20 bits per heavy atom. The average molecular weight is 277 g/mol. The number of hydrogen-bond donors (Lipinski definition) is 1. The van der Waals surface area contributed by atoms with Gasteiger partial charge < -0.3 is 14.8 Å². The molecule has 0 fully saturated rings. The predicted octanol–water partition coefficient (Wildman–Crippen LogP) is 1.35. The molecule has 1 aliphatic carbocycles. The molecule has 0 saturated heterocycles. The number of methoxy groups -OCH3 is 1. The van der Waals surface area contributed by atoms with Gasteiger partial charge in [-0.05, 0) is 36.6 Å². The lowest BCUT2D eigenvalue weighted by molar-refractivity contribution is -0.123. The Bertz CT molecular complexity index is 499. The number of carbonyl (C=O) groups excluding carboxylic acids is 2. The molecule has 1 aromatic carbocycles. The molecule has 20 heavy (non-hydrogen) atoms. The molecule has 0 aromatic heterocycles. The number of nitrogens with one attached hydrogen (secondary N) is 1. The quantitative estimate of drug-likeness (QED) is 0.797. The molecule has 0 spiro atoms. The van der Waals surface area contributed by atoms with E-state index in [2.05, 4.69) is 5.32 Å². The van der Waals surface area contributed by atoms with Gasteiger partial charge in [-0.1, -0.05) is 0 Å². The van der Waals surface area contributed by atoms with Crippen molar-refractivity contribution in [2.75, 3.05) is 26.9 Å². The molecule has 0 aliphatic heterocycles. The second-order valence-corrected chi connectivity index (χ2v) is 4.73. The van der Waals surface area contributed by atoms with Gasteiger partial charge in [0.25, 0.3) is 5.91 Å². The summed E-state index contributed by atoms with van der Waals surface area (Å²) in [5, 5.41) is 2.68. The summed E-state index contributed by atoms with van der Waals surface area (Å²) in [4.78, 5) is 23.2. The maximum atomic E-state index is 11.7. The zero-order chi connectivity index (χ0) is 14.4. The average Bonchev–Trinajstić information content (AvgIpc) is 2.45. The molecule has 0 unspecified atom stereocenters. The summed E-state index contributed by atoms with van der Waals surface area (Å²) in [7, 11) is 1.58. The Balaban J connectivity index is 1.87. The Morgan fingerprint density at radius 3 is 3.00 bits per heavy atom. The fraction of sp³-hybridized carbons (Fsp3) is 0.467. The van der Waals surface area contributed by atoms with Crippen LogP contribution in [0.5, 0.6) is 5.75 Å². The van der Waals surface area contributed by atoms with Crippen LogP contribution in [0.1, 0.15) is 28.8 Å². The number of rotatable bonds is 6. The number of Topliss-reactive ketones (excluding diaryl/α,β-unsaturated/α-hetero) is 1. The van der Waals surface area contributed by atoms with Crippen LogP contribution < -0.4 is 10.1 Å². The summed E-state index contributed by atoms with van der Waals surface area (Å²) < 4.78 is 10.3. The molecule has 5 heteroatoms. The van der Waals surface area contributed by atoms with E-state index in [9.17, 15) is 9.59 Å². The lowest BCUT2D eigenvalue weighted by atomic mass is 9.91. The highest BCUT2D eigenvalue weighted by atomic mass is 16.5. The first-order valence-corrected chi connectivity index (χ1v) is 6.75. The monoisotopic (exact) mass is 277 g/mol. The summed E-state index contributed by atoms with van der Waals surface area (Å²) in [6.45, 7) is 0.917. The maximum Gasteiger partial charge on any atom is 0.258 e. The van der Waals surface area contributed by atoms with E-state index < -0.39 is 0 Å². The highest BCUT2D eigenvalue weighted by Gasteiger charge is 2.17. The highest BCUT2D eigenvalue weighted by Crippen LogP contribution is 2.25. The molecule has 1 aliphatic rings. The molecular weight excluding hydrogens is 258 g/mol. The first kappa shape index (κ1) is 14.5.